The number of thioether (sulfide) groups is 1. The number of nitrogen functional groups attached to an aromatic ring is 1. The summed E-state index contributed by atoms with van der Waals surface area (Å²) < 4.78 is 0. The van der Waals surface area contributed by atoms with Crippen LogP contribution in [0.25, 0.3) is 0 Å². The molecule has 0 radical (unpaired) electrons. The van der Waals surface area contributed by atoms with E-state index >= 15 is 0 Å². The fourth-order valence-electron chi connectivity index (χ4n) is 0.808. The number of pyridine rings is 1. The van der Waals surface area contributed by atoms with Crippen LogP contribution >= 0.6 is 11.8 Å². The lowest BCUT2D eigenvalue weighted by atomic mass is 10.2. The van der Waals surface area contributed by atoms with Gasteiger partial charge < -0.3 is 11.5 Å². The topological polar surface area (TPSA) is 82.0 Å². The Morgan fingerprint density at radius 2 is 2.33 bits per heavy atom. The highest BCUT2D eigenvalue weighted by atomic mass is 32.2. The van der Waals surface area contributed by atoms with Crippen LogP contribution in [0, 0.1) is 0 Å². The molecule has 1 aromatic rings. The number of anilines is 1. The van der Waals surface area contributed by atoms with E-state index in [-0.39, 0.29) is 0 Å². The smallest absolute Gasteiger partial charge is 0.251 e. The van der Waals surface area contributed by atoms with Crippen molar-refractivity contribution < 1.29 is 4.79 Å². The number of carbonyl (C=O) groups excluding carboxylic acids is 1. The predicted octanol–water partition coefficient (Wildman–Crippen LogP) is 0.485. The second kappa shape index (κ2) is 3.44. The lowest BCUT2D eigenvalue weighted by Gasteiger charge is -2.02. The van der Waals surface area contributed by atoms with E-state index in [9.17, 15) is 4.79 Å². The highest BCUT2D eigenvalue weighted by molar-refractivity contribution is 7.98. The third kappa shape index (κ3) is 1.68. The minimum Gasteiger partial charge on any atom is -0.397 e. The van der Waals surface area contributed by atoms with E-state index in [1.807, 2.05) is 6.26 Å². The fourth-order valence-corrected chi connectivity index (χ4v) is 1.35. The van der Waals surface area contributed by atoms with Crippen LogP contribution in [0.15, 0.2) is 17.3 Å². The summed E-state index contributed by atoms with van der Waals surface area (Å²) in [5, 5.41) is 0.608. The van der Waals surface area contributed by atoms with Crippen LogP contribution in [-0.2, 0) is 0 Å². The Morgan fingerprint density at radius 1 is 1.67 bits per heavy atom. The Morgan fingerprint density at radius 3 is 2.83 bits per heavy atom. The molecular weight excluding hydrogens is 174 g/mol. The molecule has 0 saturated heterocycles. The molecule has 4 nitrogen and oxygen atoms in total. The fraction of sp³-hybridized carbons (Fsp3) is 0.143. The summed E-state index contributed by atoms with van der Waals surface area (Å²) in [6, 6.07) is 1.53. The molecular formula is C7H9N3OS. The van der Waals surface area contributed by atoms with E-state index in [0.29, 0.717) is 16.3 Å². The summed E-state index contributed by atoms with van der Waals surface area (Å²) in [5.41, 5.74) is 11.4. The van der Waals surface area contributed by atoms with Gasteiger partial charge in [0, 0.05) is 0 Å². The van der Waals surface area contributed by atoms with Crippen molar-refractivity contribution in [1.29, 1.82) is 0 Å². The van der Waals surface area contributed by atoms with Crippen molar-refractivity contribution in [2.24, 2.45) is 5.73 Å². The molecule has 0 aliphatic heterocycles. The van der Waals surface area contributed by atoms with E-state index < -0.39 is 5.91 Å². The molecule has 0 fully saturated rings. The highest BCUT2D eigenvalue weighted by Gasteiger charge is 2.08. The van der Waals surface area contributed by atoms with Gasteiger partial charge in [0.15, 0.2) is 0 Å². The zero-order valence-corrected chi connectivity index (χ0v) is 7.39. The summed E-state index contributed by atoms with van der Waals surface area (Å²) in [7, 11) is 0. The average Bonchev–Trinajstić information content (AvgIpc) is 2.04. The molecule has 1 rings (SSSR count). The zero-order valence-electron chi connectivity index (χ0n) is 6.57. The first-order valence-electron chi connectivity index (χ1n) is 3.24. The zero-order chi connectivity index (χ0) is 9.14. The molecule has 0 spiro atoms. The molecule has 0 aromatic carbocycles. The summed E-state index contributed by atoms with van der Waals surface area (Å²) in [6.45, 7) is 0. The summed E-state index contributed by atoms with van der Waals surface area (Å²) in [6.07, 6.45) is 3.32. The number of nitrogens with two attached hydrogens (primary N) is 2. The Hall–Kier alpha value is -1.23. The quantitative estimate of drug-likeness (QED) is 0.653. The minimum atomic E-state index is -0.501. The molecule has 0 aliphatic carbocycles. The second-order valence-corrected chi connectivity index (χ2v) is 2.98. The first kappa shape index (κ1) is 8.86. The van der Waals surface area contributed by atoms with E-state index in [0.717, 1.165) is 0 Å². The molecule has 1 amide bonds. The van der Waals surface area contributed by atoms with E-state index in [1.54, 1.807) is 0 Å². The minimum absolute atomic E-state index is 0.377. The lowest BCUT2D eigenvalue weighted by Crippen LogP contribution is -2.13. The molecule has 0 aliphatic rings. The maximum Gasteiger partial charge on any atom is 0.251 e. The average molecular weight is 183 g/mol. The first-order valence-corrected chi connectivity index (χ1v) is 4.47. The van der Waals surface area contributed by atoms with Gasteiger partial charge in [0.2, 0.25) is 0 Å². The number of aromatic nitrogens is 1. The van der Waals surface area contributed by atoms with E-state index in [4.69, 9.17) is 11.5 Å². The van der Waals surface area contributed by atoms with Crippen LogP contribution in [0.5, 0.6) is 0 Å². The number of primary amides is 1. The van der Waals surface area contributed by atoms with Gasteiger partial charge in [0.1, 0.15) is 5.03 Å². The van der Waals surface area contributed by atoms with E-state index in [1.165, 1.54) is 24.0 Å². The Kier molecular flexibility index (Phi) is 2.54. The Bertz CT molecular complexity index is 314. The maximum absolute atomic E-state index is 10.8. The third-order valence-electron chi connectivity index (χ3n) is 1.33. The van der Waals surface area contributed by atoms with Crippen molar-refractivity contribution in [3.8, 4) is 0 Å². The van der Waals surface area contributed by atoms with E-state index in [2.05, 4.69) is 4.98 Å². The molecule has 0 bridgehead atoms. The van der Waals surface area contributed by atoms with Crippen molar-refractivity contribution in [2.45, 2.75) is 5.03 Å². The number of nitrogens with zero attached hydrogens (tertiary/aromatic N) is 1. The standard InChI is InChI=1S/C7H9N3OS/c1-12-7-5(6(9)11)2-4(8)3-10-7/h2-3H,8H2,1H3,(H2,9,11). The van der Waals surface area contributed by atoms with Gasteiger partial charge in [-0.15, -0.1) is 11.8 Å². The van der Waals surface area contributed by atoms with Crippen molar-refractivity contribution in [3.63, 3.8) is 0 Å². The van der Waals surface area contributed by atoms with Crippen LogP contribution in [-0.4, -0.2) is 17.1 Å². The van der Waals surface area contributed by atoms with Crippen molar-refractivity contribution in [1.82, 2.24) is 4.98 Å². The summed E-state index contributed by atoms with van der Waals surface area (Å²) >= 11 is 1.36. The van der Waals surface area contributed by atoms with Gasteiger partial charge in [-0.3, -0.25) is 4.79 Å². The van der Waals surface area contributed by atoms with Gasteiger partial charge >= 0.3 is 0 Å². The van der Waals surface area contributed by atoms with Crippen LogP contribution in [0.1, 0.15) is 10.4 Å². The molecule has 64 valence electrons. The molecule has 0 atom stereocenters. The monoisotopic (exact) mass is 183 g/mol. The molecule has 5 heteroatoms. The van der Waals surface area contributed by atoms with Crippen molar-refractivity contribution >= 4 is 23.4 Å². The molecule has 12 heavy (non-hydrogen) atoms. The normalized spacial score (nSPS) is 9.75. The number of hydrogen-bond acceptors (Lipinski definition) is 4. The largest absolute Gasteiger partial charge is 0.397 e. The van der Waals surface area contributed by atoms with Gasteiger partial charge in [-0.05, 0) is 12.3 Å². The van der Waals surface area contributed by atoms with Crippen LogP contribution in [0.2, 0.25) is 0 Å². The predicted molar refractivity (Wildman–Crippen MR) is 48.9 cm³/mol. The van der Waals surface area contributed by atoms with Gasteiger partial charge in [0.05, 0.1) is 17.4 Å². The van der Waals surface area contributed by atoms with Gasteiger partial charge in [-0.1, -0.05) is 0 Å². The van der Waals surface area contributed by atoms with Crippen LogP contribution in [0.4, 0.5) is 5.69 Å². The molecule has 4 N–H and O–H groups in total. The Labute approximate surface area is 74.3 Å². The number of rotatable bonds is 2. The summed E-state index contributed by atoms with van der Waals surface area (Å²) in [4.78, 5) is 14.8. The SMILES string of the molecule is CSc1ncc(N)cc1C(N)=O. The number of hydrogen-bond donors (Lipinski definition) is 2. The molecule has 0 unspecified atom stereocenters. The molecule has 1 aromatic heterocycles. The number of amides is 1. The van der Waals surface area contributed by atoms with Crippen molar-refractivity contribution in [3.05, 3.63) is 17.8 Å². The van der Waals surface area contributed by atoms with Gasteiger partial charge in [-0.2, -0.15) is 0 Å². The maximum atomic E-state index is 10.8. The van der Waals surface area contributed by atoms with Crippen LogP contribution < -0.4 is 11.5 Å². The Balaban J connectivity index is 3.21. The lowest BCUT2D eigenvalue weighted by molar-refractivity contribution is 0.0997. The van der Waals surface area contributed by atoms with Crippen LogP contribution in [0.3, 0.4) is 0 Å². The van der Waals surface area contributed by atoms with Gasteiger partial charge in [0.25, 0.3) is 5.91 Å². The summed E-state index contributed by atoms with van der Waals surface area (Å²) in [5.74, 6) is -0.501. The second-order valence-electron chi connectivity index (χ2n) is 2.19. The molecule has 0 saturated carbocycles. The third-order valence-corrected chi connectivity index (χ3v) is 2.04. The first-order chi connectivity index (χ1) is 5.65. The highest BCUT2D eigenvalue weighted by Crippen LogP contribution is 2.18. The number of carbonyl (C=O) groups is 1. The molecule has 1 heterocycles. The van der Waals surface area contributed by atoms with Gasteiger partial charge in [-0.25, -0.2) is 4.98 Å². The van der Waals surface area contributed by atoms with Crippen molar-refractivity contribution in [2.75, 3.05) is 12.0 Å².